The molecule has 2 N–H and O–H groups in total. The van der Waals surface area contributed by atoms with E-state index in [-0.39, 0.29) is 18.8 Å². The summed E-state index contributed by atoms with van der Waals surface area (Å²) in [6, 6.07) is 9.03. The topological polar surface area (TPSA) is 135 Å². The third kappa shape index (κ3) is 7.14. The number of unbranched alkanes of at least 4 members (excludes halogenated alkanes) is 1. The maximum absolute atomic E-state index is 13.5. The van der Waals surface area contributed by atoms with Crippen molar-refractivity contribution in [3.05, 3.63) is 57.8 Å². The van der Waals surface area contributed by atoms with Crippen LogP contribution in [-0.2, 0) is 26.9 Å². The Kier molecular flexibility index (Phi) is 8.86. The smallest absolute Gasteiger partial charge is 0.433 e. The van der Waals surface area contributed by atoms with E-state index in [0.29, 0.717) is 30.1 Å². The quantitative estimate of drug-likeness (QED) is 0.146. The van der Waals surface area contributed by atoms with Gasteiger partial charge in [0.2, 0.25) is 0 Å². The van der Waals surface area contributed by atoms with Crippen LogP contribution in [0.4, 0.5) is 11.6 Å². The van der Waals surface area contributed by atoms with E-state index in [1.807, 2.05) is 0 Å². The number of benzene rings is 1. The molecule has 0 amide bonds. The van der Waals surface area contributed by atoms with Gasteiger partial charge in [-0.2, -0.15) is 0 Å². The van der Waals surface area contributed by atoms with E-state index in [2.05, 4.69) is 5.09 Å². The van der Waals surface area contributed by atoms with Gasteiger partial charge in [0.05, 0.1) is 12.5 Å². The van der Waals surface area contributed by atoms with Crippen molar-refractivity contribution in [1.29, 1.82) is 0 Å². The second-order valence-electron chi connectivity index (χ2n) is 6.45. The zero-order valence-corrected chi connectivity index (χ0v) is 18.0. The van der Waals surface area contributed by atoms with Gasteiger partial charge >= 0.3 is 19.5 Å². The summed E-state index contributed by atoms with van der Waals surface area (Å²) >= 11 is 5.71. The highest BCUT2D eigenvalue weighted by molar-refractivity contribution is 7.58. The van der Waals surface area contributed by atoms with E-state index in [0.717, 1.165) is 6.42 Å². The van der Waals surface area contributed by atoms with Crippen molar-refractivity contribution >= 4 is 36.8 Å². The zero-order valence-electron chi connectivity index (χ0n) is 16.3. The molecular formula is C18H23ClN3O7P. The van der Waals surface area contributed by atoms with Crippen LogP contribution in [-0.4, -0.2) is 40.1 Å². The van der Waals surface area contributed by atoms with Gasteiger partial charge in [0, 0.05) is 18.1 Å². The number of hydrogen-bond acceptors (Lipinski definition) is 6. The van der Waals surface area contributed by atoms with Crippen LogP contribution < -0.4 is 5.09 Å². The van der Waals surface area contributed by atoms with Gasteiger partial charge in [0.25, 0.3) is 0 Å². The van der Waals surface area contributed by atoms with Crippen molar-refractivity contribution in [3.63, 3.8) is 0 Å². The fourth-order valence-corrected chi connectivity index (χ4v) is 4.31. The van der Waals surface area contributed by atoms with Crippen molar-refractivity contribution < 1.29 is 28.3 Å². The molecule has 10 nitrogen and oxygen atoms in total. The van der Waals surface area contributed by atoms with Crippen LogP contribution in [0, 0.1) is 10.1 Å². The predicted octanol–water partition coefficient (Wildman–Crippen LogP) is 4.50. The number of alkyl halides is 1. The van der Waals surface area contributed by atoms with Gasteiger partial charge in [-0.1, -0.05) is 12.1 Å². The molecule has 2 rings (SSSR count). The van der Waals surface area contributed by atoms with E-state index in [9.17, 15) is 19.5 Å². The lowest BCUT2D eigenvalue weighted by atomic mass is 10.1. The molecule has 0 aliphatic rings. The lowest BCUT2D eigenvalue weighted by Crippen LogP contribution is -2.22. The second kappa shape index (κ2) is 11.1. The Labute approximate surface area is 178 Å². The highest BCUT2D eigenvalue weighted by Gasteiger charge is 2.30. The minimum Gasteiger partial charge on any atom is -0.481 e. The molecule has 1 aromatic carbocycles. The molecule has 0 bridgehead atoms. The Bertz CT molecular complexity index is 903. The first-order valence-corrected chi connectivity index (χ1v) is 11.2. The number of nitrogens with one attached hydrogen (secondary N) is 1. The Morgan fingerprint density at radius 1 is 1.30 bits per heavy atom. The number of nitro groups is 1. The lowest BCUT2D eigenvalue weighted by molar-refractivity contribution is -0.402. The van der Waals surface area contributed by atoms with Crippen molar-refractivity contribution in [2.75, 3.05) is 24.6 Å². The van der Waals surface area contributed by atoms with Crippen LogP contribution in [0.3, 0.4) is 0 Å². The average molecular weight is 460 g/mol. The summed E-state index contributed by atoms with van der Waals surface area (Å²) in [5.74, 6) is -0.736. The van der Waals surface area contributed by atoms with Crippen molar-refractivity contribution in [1.82, 2.24) is 4.67 Å². The molecule has 0 fully saturated rings. The third-order valence-electron chi connectivity index (χ3n) is 4.10. The maximum atomic E-state index is 13.5. The molecule has 1 heterocycles. The van der Waals surface area contributed by atoms with E-state index in [1.165, 1.54) is 16.8 Å². The molecule has 2 aromatic rings. The standard InChI is InChI=1S/C18H23ClN3O7P/c1-21(11-3-2-10-19)30(27,28-13-16-8-9-17(29-16)22(25)26)20-15-6-4-14(5-7-15)12-18(23)24/h4-9H,2-3,10-13H2,1H3,(H,20,27)(H,23,24). The number of carboxylic acids is 1. The van der Waals surface area contributed by atoms with Crippen LogP contribution >= 0.6 is 19.3 Å². The van der Waals surface area contributed by atoms with Gasteiger partial charge in [-0.3, -0.25) is 19.4 Å². The summed E-state index contributed by atoms with van der Waals surface area (Å²) in [4.78, 5) is 20.9. The molecule has 12 heteroatoms. The number of hydrogen-bond donors (Lipinski definition) is 2. The molecule has 1 atom stereocenters. The molecule has 0 saturated heterocycles. The number of halogens is 1. The molecule has 0 aliphatic carbocycles. The first-order valence-electron chi connectivity index (χ1n) is 9.08. The normalized spacial score (nSPS) is 13.2. The molecule has 1 unspecified atom stereocenters. The Balaban J connectivity index is 2.14. The number of nitrogens with zero attached hydrogens (tertiary/aromatic N) is 2. The second-order valence-corrected chi connectivity index (χ2v) is 9.03. The van der Waals surface area contributed by atoms with Crippen molar-refractivity contribution in [3.8, 4) is 0 Å². The molecule has 1 aromatic heterocycles. The molecule has 164 valence electrons. The molecule has 0 saturated carbocycles. The van der Waals surface area contributed by atoms with Gasteiger partial charge in [-0.05, 0) is 43.7 Å². The fraction of sp³-hybridized carbons (Fsp3) is 0.389. The lowest BCUT2D eigenvalue weighted by Gasteiger charge is -2.28. The van der Waals surface area contributed by atoms with Gasteiger partial charge < -0.3 is 14.6 Å². The predicted molar refractivity (Wildman–Crippen MR) is 112 cm³/mol. The number of furan rings is 1. The van der Waals surface area contributed by atoms with E-state index in [4.69, 9.17) is 25.6 Å². The molecule has 30 heavy (non-hydrogen) atoms. The van der Waals surface area contributed by atoms with Crippen LogP contribution in [0.2, 0.25) is 0 Å². The number of aliphatic carboxylic acids is 1. The van der Waals surface area contributed by atoms with E-state index >= 15 is 0 Å². The number of anilines is 1. The van der Waals surface area contributed by atoms with Crippen LogP contribution in [0.1, 0.15) is 24.2 Å². The van der Waals surface area contributed by atoms with Gasteiger partial charge in [-0.25, -0.2) is 9.24 Å². The van der Waals surface area contributed by atoms with Gasteiger partial charge in [0.15, 0.2) is 0 Å². The molecule has 0 aliphatic heterocycles. The summed E-state index contributed by atoms with van der Waals surface area (Å²) in [6.45, 7) is 0.196. The van der Waals surface area contributed by atoms with Gasteiger partial charge in [-0.15, -0.1) is 11.6 Å². The van der Waals surface area contributed by atoms with Gasteiger partial charge in [0.1, 0.15) is 17.3 Å². The number of carboxylic acid groups (broad SMARTS) is 1. The molecule has 0 spiro atoms. The van der Waals surface area contributed by atoms with E-state index in [1.54, 1.807) is 31.3 Å². The summed E-state index contributed by atoms with van der Waals surface area (Å²) < 4.78 is 25.8. The van der Waals surface area contributed by atoms with Crippen LogP contribution in [0.5, 0.6) is 0 Å². The highest BCUT2D eigenvalue weighted by atomic mass is 35.5. The van der Waals surface area contributed by atoms with Crippen molar-refractivity contribution in [2.45, 2.75) is 25.9 Å². The number of rotatable bonds is 13. The fourth-order valence-electron chi connectivity index (χ4n) is 2.51. The summed E-state index contributed by atoms with van der Waals surface area (Å²) in [7, 11) is -1.97. The van der Waals surface area contributed by atoms with Crippen molar-refractivity contribution in [2.24, 2.45) is 0 Å². The zero-order chi connectivity index (χ0) is 22.1. The van der Waals surface area contributed by atoms with Crippen LogP contribution in [0.15, 0.2) is 40.8 Å². The third-order valence-corrected chi connectivity index (χ3v) is 6.49. The summed E-state index contributed by atoms with van der Waals surface area (Å²) in [5.41, 5.74) is 1.07. The average Bonchev–Trinajstić information content (AvgIpc) is 3.17. The first-order chi connectivity index (χ1) is 14.2. The SMILES string of the molecule is CN(CCCCCl)P(=O)(Nc1ccc(CC(=O)O)cc1)OCc1ccc([N+](=O)[O-])o1. The van der Waals surface area contributed by atoms with Crippen LogP contribution in [0.25, 0.3) is 0 Å². The summed E-state index contributed by atoms with van der Waals surface area (Å²) in [6.07, 6.45) is 1.31. The Morgan fingerprint density at radius 3 is 2.57 bits per heavy atom. The Morgan fingerprint density at radius 2 is 2.00 bits per heavy atom. The number of carbonyl (C=O) groups is 1. The largest absolute Gasteiger partial charge is 0.481 e. The monoisotopic (exact) mass is 459 g/mol. The summed E-state index contributed by atoms with van der Waals surface area (Å²) in [5, 5.41) is 22.5. The molecule has 0 radical (unpaired) electrons. The molecular weight excluding hydrogens is 437 g/mol. The minimum absolute atomic E-state index is 0.121. The van der Waals surface area contributed by atoms with E-state index < -0.39 is 24.4 Å². The minimum atomic E-state index is -3.60. The Hall–Kier alpha value is -2.39. The highest BCUT2D eigenvalue weighted by Crippen LogP contribution is 2.50. The maximum Gasteiger partial charge on any atom is 0.433 e. The first kappa shape index (κ1) is 23.9.